The zero-order valence-corrected chi connectivity index (χ0v) is 11.3. The molecule has 0 atom stereocenters. The van der Waals surface area contributed by atoms with Gasteiger partial charge in [-0.1, -0.05) is 19.1 Å². The zero-order chi connectivity index (χ0) is 13.0. The Hall–Kier alpha value is -1.55. The summed E-state index contributed by atoms with van der Waals surface area (Å²) in [6.45, 7) is 2.84. The monoisotopic (exact) mass is 265 g/mol. The summed E-state index contributed by atoms with van der Waals surface area (Å²) in [5.74, 6) is 1.80. The van der Waals surface area contributed by atoms with Crippen LogP contribution in [0.1, 0.15) is 18.3 Å². The molecule has 1 heterocycles. The fourth-order valence-electron chi connectivity index (χ4n) is 1.83. The van der Waals surface area contributed by atoms with Gasteiger partial charge >= 0.3 is 0 Å². The van der Waals surface area contributed by atoms with Crippen molar-refractivity contribution in [2.24, 2.45) is 0 Å². The number of hydrogen-bond donors (Lipinski definition) is 0. The SMILES string of the molecule is CCc1nnc(Cl)n1CCc1ccc(OC)cc1. The summed E-state index contributed by atoms with van der Waals surface area (Å²) in [5.41, 5.74) is 1.24. The molecule has 18 heavy (non-hydrogen) atoms. The lowest BCUT2D eigenvalue weighted by Gasteiger charge is -2.07. The van der Waals surface area contributed by atoms with Gasteiger partial charge in [0.1, 0.15) is 11.6 Å². The van der Waals surface area contributed by atoms with Crippen LogP contribution in [0.15, 0.2) is 24.3 Å². The standard InChI is InChI=1S/C13H16ClN3O/c1-3-12-15-16-13(14)17(12)9-8-10-4-6-11(18-2)7-5-10/h4-7H,3,8-9H2,1-2H3. The second kappa shape index (κ2) is 5.87. The molecule has 0 bridgehead atoms. The Kier molecular flexibility index (Phi) is 4.20. The zero-order valence-electron chi connectivity index (χ0n) is 10.6. The molecule has 0 spiro atoms. The fourth-order valence-corrected chi connectivity index (χ4v) is 2.05. The molecule has 0 aliphatic rings. The molecule has 0 fully saturated rings. The molecule has 1 aromatic carbocycles. The predicted molar refractivity (Wildman–Crippen MR) is 71.1 cm³/mol. The molecule has 0 unspecified atom stereocenters. The number of aromatic nitrogens is 3. The van der Waals surface area contributed by atoms with E-state index in [1.807, 2.05) is 23.6 Å². The van der Waals surface area contributed by atoms with E-state index in [0.29, 0.717) is 5.28 Å². The van der Waals surface area contributed by atoms with Gasteiger partial charge in [-0.2, -0.15) is 0 Å². The molecule has 0 radical (unpaired) electrons. The van der Waals surface area contributed by atoms with E-state index in [0.717, 1.165) is 31.0 Å². The van der Waals surface area contributed by atoms with Crippen LogP contribution >= 0.6 is 11.6 Å². The normalized spacial score (nSPS) is 10.6. The van der Waals surface area contributed by atoms with E-state index in [2.05, 4.69) is 22.3 Å². The molecule has 0 aliphatic heterocycles. The van der Waals surface area contributed by atoms with E-state index in [-0.39, 0.29) is 0 Å². The lowest BCUT2D eigenvalue weighted by Crippen LogP contribution is -2.05. The first-order valence-corrected chi connectivity index (χ1v) is 6.33. The minimum atomic E-state index is 0.459. The third-order valence-corrected chi connectivity index (χ3v) is 3.16. The number of methoxy groups -OCH3 is 1. The van der Waals surface area contributed by atoms with Gasteiger partial charge in [0.25, 0.3) is 0 Å². The minimum Gasteiger partial charge on any atom is -0.497 e. The van der Waals surface area contributed by atoms with E-state index in [1.54, 1.807) is 7.11 Å². The average molecular weight is 266 g/mol. The van der Waals surface area contributed by atoms with Crippen LogP contribution in [0.2, 0.25) is 5.28 Å². The molecular weight excluding hydrogens is 250 g/mol. The molecule has 0 saturated heterocycles. The van der Waals surface area contributed by atoms with Crippen molar-refractivity contribution in [2.45, 2.75) is 26.3 Å². The van der Waals surface area contributed by atoms with Crippen LogP contribution in [-0.4, -0.2) is 21.9 Å². The van der Waals surface area contributed by atoms with Crippen LogP contribution in [0.4, 0.5) is 0 Å². The number of benzene rings is 1. The molecule has 0 N–H and O–H groups in total. The molecule has 2 aromatic rings. The van der Waals surface area contributed by atoms with Gasteiger partial charge in [-0.15, -0.1) is 10.2 Å². The first-order valence-electron chi connectivity index (χ1n) is 5.95. The van der Waals surface area contributed by atoms with Crippen LogP contribution in [-0.2, 0) is 19.4 Å². The van der Waals surface area contributed by atoms with E-state index < -0.39 is 0 Å². The van der Waals surface area contributed by atoms with E-state index >= 15 is 0 Å². The first kappa shape index (κ1) is 12.9. The Morgan fingerprint density at radius 2 is 1.94 bits per heavy atom. The van der Waals surface area contributed by atoms with Gasteiger partial charge in [0, 0.05) is 13.0 Å². The van der Waals surface area contributed by atoms with Crippen LogP contribution < -0.4 is 4.74 Å². The highest BCUT2D eigenvalue weighted by molar-refractivity contribution is 6.28. The van der Waals surface area contributed by atoms with Crippen molar-refractivity contribution in [1.82, 2.24) is 14.8 Å². The molecule has 0 aliphatic carbocycles. The summed E-state index contributed by atoms with van der Waals surface area (Å²) in [7, 11) is 1.67. The molecule has 0 amide bonds. The van der Waals surface area contributed by atoms with Crippen molar-refractivity contribution in [2.75, 3.05) is 7.11 Å². The summed E-state index contributed by atoms with van der Waals surface area (Å²) in [5, 5.41) is 8.38. The van der Waals surface area contributed by atoms with Gasteiger partial charge in [0.15, 0.2) is 0 Å². The third-order valence-electron chi connectivity index (χ3n) is 2.88. The average Bonchev–Trinajstić information content (AvgIpc) is 2.77. The summed E-state index contributed by atoms with van der Waals surface area (Å²) < 4.78 is 7.08. The van der Waals surface area contributed by atoms with E-state index in [4.69, 9.17) is 16.3 Å². The molecule has 1 aromatic heterocycles. The number of hydrogen-bond acceptors (Lipinski definition) is 3. The molecule has 2 rings (SSSR count). The van der Waals surface area contributed by atoms with Crippen LogP contribution in [0.25, 0.3) is 0 Å². The molecule has 5 heteroatoms. The number of ether oxygens (including phenoxy) is 1. The molecule has 96 valence electrons. The van der Waals surface area contributed by atoms with Gasteiger partial charge in [-0.05, 0) is 35.7 Å². The van der Waals surface area contributed by atoms with Crippen LogP contribution in [0.5, 0.6) is 5.75 Å². The van der Waals surface area contributed by atoms with Gasteiger partial charge in [0.2, 0.25) is 5.28 Å². The molecule has 0 saturated carbocycles. The van der Waals surface area contributed by atoms with Crippen molar-refractivity contribution in [3.8, 4) is 5.75 Å². The second-order valence-corrected chi connectivity index (χ2v) is 4.33. The van der Waals surface area contributed by atoms with Crippen molar-refractivity contribution in [3.05, 3.63) is 40.9 Å². The van der Waals surface area contributed by atoms with Gasteiger partial charge in [-0.3, -0.25) is 0 Å². The predicted octanol–water partition coefficient (Wildman–Crippen LogP) is 2.75. The summed E-state index contributed by atoms with van der Waals surface area (Å²) in [6.07, 6.45) is 1.73. The van der Waals surface area contributed by atoms with Crippen molar-refractivity contribution >= 4 is 11.6 Å². The maximum Gasteiger partial charge on any atom is 0.225 e. The van der Waals surface area contributed by atoms with E-state index in [9.17, 15) is 0 Å². The third kappa shape index (κ3) is 2.82. The minimum absolute atomic E-state index is 0.459. The topological polar surface area (TPSA) is 39.9 Å². The number of rotatable bonds is 5. The Bertz CT molecular complexity index is 507. The van der Waals surface area contributed by atoms with Gasteiger partial charge in [-0.25, -0.2) is 0 Å². The van der Waals surface area contributed by atoms with Crippen LogP contribution in [0, 0.1) is 0 Å². The largest absolute Gasteiger partial charge is 0.497 e. The van der Waals surface area contributed by atoms with E-state index in [1.165, 1.54) is 5.56 Å². The van der Waals surface area contributed by atoms with Crippen molar-refractivity contribution < 1.29 is 4.74 Å². The first-order chi connectivity index (χ1) is 8.74. The highest BCUT2D eigenvalue weighted by atomic mass is 35.5. The smallest absolute Gasteiger partial charge is 0.225 e. The van der Waals surface area contributed by atoms with Crippen molar-refractivity contribution in [1.29, 1.82) is 0 Å². The fraction of sp³-hybridized carbons (Fsp3) is 0.385. The maximum atomic E-state index is 6.01. The Balaban J connectivity index is 2.04. The summed E-state index contributed by atoms with van der Waals surface area (Å²) in [6, 6.07) is 8.04. The Morgan fingerprint density at radius 3 is 2.56 bits per heavy atom. The second-order valence-electron chi connectivity index (χ2n) is 3.99. The number of aryl methyl sites for hydroxylation is 2. The Morgan fingerprint density at radius 1 is 1.22 bits per heavy atom. The lowest BCUT2D eigenvalue weighted by molar-refractivity contribution is 0.414. The maximum absolute atomic E-state index is 6.01. The highest BCUT2D eigenvalue weighted by Gasteiger charge is 2.08. The quantitative estimate of drug-likeness (QED) is 0.835. The van der Waals surface area contributed by atoms with Crippen molar-refractivity contribution in [3.63, 3.8) is 0 Å². The highest BCUT2D eigenvalue weighted by Crippen LogP contribution is 2.14. The van der Waals surface area contributed by atoms with Gasteiger partial charge < -0.3 is 9.30 Å². The number of nitrogens with zero attached hydrogens (tertiary/aromatic N) is 3. The summed E-state index contributed by atoms with van der Waals surface area (Å²) >= 11 is 6.01. The summed E-state index contributed by atoms with van der Waals surface area (Å²) in [4.78, 5) is 0. The van der Waals surface area contributed by atoms with Crippen LogP contribution in [0.3, 0.4) is 0 Å². The molecular formula is C13H16ClN3O. The lowest BCUT2D eigenvalue weighted by atomic mass is 10.1. The Labute approximate surface area is 112 Å². The molecule has 4 nitrogen and oxygen atoms in total. The van der Waals surface area contributed by atoms with Gasteiger partial charge in [0.05, 0.1) is 7.11 Å². The number of halogens is 1.